The van der Waals surface area contributed by atoms with Crippen LogP contribution in [0.25, 0.3) is 0 Å². The van der Waals surface area contributed by atoms with Crippen molar-refractivity contribution in [3.63, 3.8) is 0 Å². The second-order valence-electron chi connectivity index (χ2n) is 15.3. The topological polar surface area (TPSA) is 128 Å². The van der Waals surface area contributed by atoms with Gasteiger partial charge in [0.2, 0.25) is 0 Å². The first kappa shape index (κ1) is 33.5. The Labute approximate surface area is 276 Å². The van der Waals surface area contributed by atoms with E-state index >= 15 is 0 Å². The number of hydrogen-bond acceptors (Lipinski definition) is 10. The van der Waals surface area contributed by atoms with Gasteiger partial charge < -0.3 is 28.1 Å². The molecule has 0 radical (unpaired) electrons. The summed E-state index contributed by atoms with van der Waals surface area (Å²) >= 11 is 0. The van der Waals surface area contributed by atoms with Crippen LogP contribution in [0.1, 0.15) is 93.1 Å². The number of ether oxygens (including phenoxy) is 5. The number of hydrogen-bond donors (Lipinski definition) is 0. The lowest BCUT2D eigenvalue weighted by Crippen LogP contribution is -2.72. The van der Waals surface area contributed by atoms with Gasteiger partial charge in [-0.2, -0.15) is 0 Å². The molecule has 3 aliphatic carbocycles. The minimum Gasteiger partial charge on any atom is -0.472 e. The van der Waals surface area contributed by atoms with Gasteiger partial charge in [0.05, 0.1) is 31.2 Å². The lowest BCUT2D eigenvalue weighted by molar-refractivity contribution is -0.258. The highest BCUT2D eigenvalue weighted by Crippen LogP contribution is 2.72. The fraction of sp³-hybridized carbons (Fsp3) is 0.676. The fourth-order valence-electron chi connectivity index (χ4n) is 10.2. The zero-order valence-corrected chi connectivity index (χ0v) is 28.9. The lowest BCUT2D eigenvalue weighted by Gasteiger charge is -2.66. The van der Waals surface area contributed by atoms with E-state index in [1.807, 2.05) is 13.0 Å². The molecule has 10 heteroatoms. The van der Waals surface area contributed by atoms with E-state index in [9.17, 15) is 19.2 Å². The number of allylic oxidation sites excluding steroid dienone is 2. The van der Waals surface area contributed by atoms with E-state index in [2.05, 4.69) is 20.8 Å². The van der Waals surface area contributed by atoms with Crippen LogP contribution < -0.4 is 0 Å². The predicted molar refractivity (Wildman–Crippen MR) is 169 cm³/mol. The molecule has 10 nitrogen and oxygen atoms in total. The molecule has 1 aromatic rings. The van der Waals surface area contributed by atoms with E-state index in [0.29, 0.717) is 12.0 Å². The third-order valence-electron chi connectivity index (χ3n) is 12.4. The Morgan fingerprint density at radius 2 is 1.77 bits per heavy atom. The van der Waals surface area contributed by atoms with Gasteiger partial charge in [-0.1, -0.05) is 46.3 Å². The van der Waals surface area contributed by atoms with Crippen molar-refractivity contribution in [3.05, 3.63) is 47.0 Å². The second-order valence-corrected chi connectivity index (χ2v) is 15.3. The Morgan fingerprint density at radius 1 is 1.04 bits per heavy atom. The van der Waals surface area contributed by atoms with Crippen LogP contribution in [0.5, 0.6) is 0 Å². The highest BCUT2D eigenvalue weighted by Gasteiger charge is 2.78. The average Bonchev–Trinajstić information content (AvgIpc) is 3.72. The number of fused-ring (bicyclic) bond motifs is 4. The molecule has 256 valence electrons. The van der Waals surface area contributed by atoms with E-state index < -0.39 is 70.5 Å². The van der Waals surface area contributed by atoms with Gasteiger partial charge >= 0.3 is 23.9 Å². The first-order valence-corrected chi connectivity index (χ1v) is 16.8. The molecule has 2 aliphatic heterocycles. The molecular formula is C37H48O10. The van der Waals surface area contributed by atoms with Crippen molar-refractivity contribution in [2.24, 2.45) is 34.0 Å². The minimum absolute atomic E-state index is 0.0286. The third-order valence-corrected chi connectivity index (χ3v) is 12.4. The molecule has 0 aromatic carbocycles. The molecule has 11 atom stereocenters. The Balaban J connectivity index is 1.59. The maximum Gasteiger partial charge on any atom is 0.333 e. The normalized spacial score (nSPS) is 41.0. The number of esters is 4. The van der Waals surface area contributed by atoms with E-state index in [4.69, 9.17) is 28.1 Å². The largest absolute Gasteiger partial charge is 0.472 e. The minimum atomic E-state index is -0.954. The van der Waals surface area contributed by atoms with Crippen molar-refractivity contribution in [1.82, 2.24) is 0 Å². The summed E-state index contributed by atoms with van der Waals surface area (Å²) in [4.78, 5) is 53.4. The summed E-state index contributed by atoms with van der Waals surface area (Å²) in [7, 11) is 0. The highest BCUT2D eigenvalue weighted by atomic mass is 16.6. The predicted octanol–water partition coefficient (Wildman–Crippen LogP) is 5.84. The van der Waals surface area contributed by atoms with E-state index in [0.717, 1.165) is 16.7 Å². The van der Waals surface area contributed by atoms with Crippen molar-refractivity contribution in [1.29, 1.82) is 0 Å². The van der Waals surface area contributed by atoms with Crippen LogP contribution in [0.3, 0.4) is 0 Å². The van der Waals surface area contributed by atoms with Crippen molar-refractivity contribution >= 4 is 23.9 Å². The fourth-order valence-corrected chi connectivity index (χ4v) is 10.2. The lowest BCUT2D eigenvalue weighted by atomic mass is 9.39. The number of furan rings is 1. The van der Waals surface area contributed by atoms with Gasteiger partial charge in [-0.15, -0.1) is 0 Å². The van der Waals surface area contributed by atoms with Crippen LogP contribution in [0.4, 0.5) is 0 Å². The van der Waals surface area contributed by atoms with E-state index in [-0.39, 0.29) is 43.2 Å². The molecule has 0 bridgehead atoms. The van der Waals surface area contributed by atoms with Crippen molar-refractivity contribution in [2.45, 2.75) is 118 Å². The van der Waals surface area contributed by atoms with Crippen LogP contribution in [0.2, 0.25) is 0 Å². The van der Waals surface area contributed by atoms with E-state index in [1.54, 1.807) is 46.3 Å². The summed E-state index contributed by atoms with van der Waals surface area (Å²) in [6, 6.07) is 1.93. The molecular weight excluding hydrogens is 604 g/mol. The zero-order chi connectivity index (χ0) is 34.2. The molecule has 0 amide bonds. The van der Waals surface area contributed by atoms with E-state index in [1.165, 1.54) is 6.92 Å². The van der Waals surface area contributed by atoms with Gasteiger partial charge in [0, 0.05) is 53.4 Å². The van der Waals surface area contributed by atoms with Crippen LogP contribution in [-0.4, -0.2) is 61.0 Å². The molecule has 0 spiro atoms. The van der Waals surface area contributed by atoms with Crippen molar-refractivity contribution in [2.75, 3.05) is 6.61 Å². The van der Waals surface area contributed by atoms with Gasteiger partial charge in [-0.25, -0.2) is 4.79 Å². The van der Waals surface area contributed by atoms with Gasteiger partial charge in [0.1, 0.15) is 24.4 Å². The second kappa shape index (κ2) is 11.6. The quantitative estimate of drug-likeness (QED) is 0.160. The molecule has 47 heavy (non-hydrogen) atoms. The van der Waals surface area contributed by atoms with Crippen molar-refractivity contribution < 1.29 is 47.3 Å². The third kappa shape index (κ3) is 4.91. The van der Waals surface area contributed by atoms with Gasteiger partial charge in [-0.05, 0) is 50.3 Å². The first-order valence-electron chi connectivity index (χ1n) is 16.8. The van der Waals surface area contributed by atoms with Crippen molar-refractivity contribution in [3.8, 4) is 0 Å². The molecule has 6 rings (SSSR count). The Morgan fingerprint density at radius 3 is 2.38 bits per heavy atom. The molecule has 0 unspecified atom stereocenters. The summed E-state index contributed by atoms with van der Waals surface area (Å²) in [6.45, 7) is 16.9. The summed E-state index contributed by atoms with van der Waals surface area (Å²) in [5.41, 5.74) is 0.851. The molecule has 4 fully saturated rings. The SMILES string of the molecule is C/C=C(\C)C(=O)O[C@@H]1[C@@H]2OC[C@]3(C)[C@H](OC(=O)C(C)C)C[C@H](OC(C)=O)[C@@](C)([C@@H]23)[C@H]2CC(=O)O[C@H]3C[C@@H](c4ccoc4)C(C)=C3[C@]12C. The maximum absolute atomic E-state index is 13.9. The number of carbonyl (C=O) groups is 4. The molecule has 0 N–H and O–H groups in total. The van der Waals surface area contributed by atoms with Crippen LogP contribution >= 0.6 is 0 Å². The van der Waals surface area contributed by atoms with Crippen LogP contribution in [0, 0.1) is 34.0 Å². The Bertz CT molecular complexity index is 1520. The zero-order valence-electron chi connectivity index (χ0n) is 28.9. The molecule has 2 saturated carbocycles. The Hall–Kier alpha value is -3.40. The molecule has 1 aromatic heterocycles. The summed E-state index contributed by atoms with van der Waals surface area (Å²) in [6.07, 6.45) is 2.50. The van der Waals surface area contributed by atoms with Gasteiger partial charge in [-0.3, -0.25) is 14.4 Å². The van der Waals surface area contributed by atoms with Crippen LogP contribution in [0.15, 0.2) is 45.8 Å². The number of carbonyl (C=O) groups excluding carboxylic acids is 4. The standard InChI is InChI=1S/C37H48O10/c1-10-19(4)34(41)47-32-30-31-35(7,17-43-30)26(46-33(40)18(2)3)15-27(44-21(6)38)36(31,8)25-14-28(39)45-24-13-23(22-11-12-42-16-22)20(5)29(24)37(25,32)9/h10-12,16,18,23-27,30-32H,13-15,17H2,1-9H3/b19-10+/t23-,24+,25-,26-,27+,30-,31+,32-,35-,36+,37-/m1/s1. The first-order chi connectivity index (χ1) is 22.1. The summed E-state index contributed by atoms with van der Waals surface area (Å²) < 4.78 is 37.4. The maximum atomic E-state index is 13.9. The van der Waals surface area contributed by atoms with Crippen LogP contribution in [-0.2, 0) is 42.9 Å². The van der Waals surface area contributed by atoms with Gasteiger partial charge in [0.15, 0.2) is 0 Å². The average molecular weight is 653 g/mol. The summed E-state index contributed by atoms with van der Waals surface area (Å²) in [5, 5.41) is 0. The molecule has 3 heterocycles. The Kier molecular flexibility index (Phi) is 8.29. The summed E-state index contributed by atoms with van der Waals surface area (Å²) in [5.74, 6) is -2.96. The smallest absolute Gasteiger partial charge is 0.333 e. The molecule has 2 saturated heterocycles. The molecule has 5 aliphatic rings. The van der Waals surface area contributed by atoms with Gasteiger partial charge in [0.25, 0.3) is 0 Å². The monoisotopic (exact) mass is 652 g/mol. The number of rotatable bonds is 6. The highest BCUT2D eigenvalue weighted by molar-refractivity contribution is 5.88.